The van der Waals surface area contributed by atoms with E-state index in [9.17, 15) is 9.59 Å². The summed E-state index contributed by atoms with van der Waals surface area (Å²) in [6.45, 7) is 7.81. The third kappa shape index (κ3) is 7.15. The zero-order chi connectivity index (χ0) is 19.6. The fourth-order valence-electron chi connectivity index (χ4n) is 3.38. The third-order valence-corrected chi connectivity index (χ3v) is 5.33. The largest absolute Gasteiger partial charge is 0.354 e. The van der Waals surface area contributed by atoms with Crippen molar-refractivity contribution in [1.29, 1.82) is 0 Å². The van der Waals surface area contributed by atoms with E-state index in [1.54, 1.807) is 24.3 Å². The minimum atomic E-state index is -0.577. The fraction of sp³-hybridized carbons (Fsp3) is 0.619. The van der Waals surface area contributed by atoms with Gasteiger partial charge in [-0.1, -0.05) is 50.4 Å². The molecule has 0 bridgehead atoms. The number of benzene rings is 1. The predicted molar refractivity (Wildman–Crippen MR) is 110 cm³/mol. The quantitative estimate of drug-likeness (QED) is 0.665. The normalized spacial score (nSPS) is 16.6. The van der Waals surface area contributed by atoms with Crippen molar-refractivity contribution in [2.45, 2.75) is 52.0 Å². The average Bonchev–Trinajstić information content (AvgIpc) is 2.92. The maximum Gasteiger partial charge on any atom is 0.253 e. The molecule has 1 unspecified atom stereocenters. The molecule has 6 heteroatoms. The number of amides is 2. The third-order valence-electron chi connectivity index (χ3n) is 5.00. The molecule has 27 heavy (non-hydrogen) atoms. The summed E-state index contributed by atoms with van der Waals surface area (Å²) in [5, 5.41) is 6.19. The number of rotatable bonds is 8. The number of carbonyl (C=O) groups excluding carboxylic acids is 2. The van der Waals surface area contributed by atoms with Crippen molar-refractivity contribution in [3.63, 3.8) is 0 Å². The van der Waals surface area contributed by atoms with E-state index in [1.165, 1.54) is 25.7 Å². The number of carbonyl (C=O) groups is 2. The molecular formula is C21H32ClN3O2. The molecule has 0 radical (unpaired) electrons. The van der Waals surface area contributed by atoms with Gasteiger partial charge in [-0.3, -0.25) is 9.59 Å². The number of hydrogen-bond acceptors (Lipinski definition) is 3. The Kier molecular flexibility index (Phi) is 9.08. The van der Waals surface area contributed by atoms with Crippen LogP contribution in [0.2, 0.25) is 5.02 Å². The van der Waals surface area contributed by atoms with Gasteiger partial charge in [0.25, 0.3) is 5.91 Å². The summed E-state index contributed by atoms with van der Waals surface area (Å²) in [6.07, 6.45) is 6.13. The SMILES string of the molecule is CC(C)C(NC(=O)c1ccccc1Cl)C(=O)NCCCN1CCCCCC1. The Morgan fingerprint density at radius 1 is 1.11 bits per heavy atom. The number of nitrogens with one attached hydrogen (secondary N) is 2. The van der Waals surface area contributed by atoms with Crippen LogP contribution >= 0.6 is 11.6 Å². The van der Waals surface area contributed by atoms with Gasteiger partial charge in [0.05, 0.1) is 10.6 Å². The molecule has 1 aromatic rings. The summed E-state index contributed by atoms with van der Waals surface area (Å²) in [6, 6.07) is 6.29. The number of hydrogen-bond donors (Lipinski definition) is 2. The van der Waals surface area contributed by atoms with Crippen molar-refractivity contribution < 1.29 is 9.59 Å². The monoisotopic (exact) mass is 393 g/mol. The number of likely N-dealkylation sites (tertiary alicyclic amines) is 1. The van der Waals surface area contributed by atoms with E-state index in [4.69, 9.17) is 11.6 Å². The molecule has 1 atom stereocenters. The second-order valence-corrected chi connectivity index (χ2v) is 7.98. The summed E-state index contributed by atoms with van der Waals surface area (Å²) >= 11 is 6.08. The molecule has 0 aliphatic carbocycles. The van der Waals surface area contributed by atoms with Gasteiger partial charge in [-0.15, -0.1) is 0 Å². The molecule has 1 saturated heterocycles. The van der Waals surface area contributed by atoms with Crippen LogP contribution in [0, 0.1) is 5.92 Å². The minimum absolute atomic E-state index is 0.0120. The second kappa shape index (κ2) is 11.3. The van der Waals surface area contributed by atoms with Crippen LogP contribution in [0.5, 0.6) is 0 Å². The van der Waals surface area contributed by atoms with Crippen molar-refractivity contribution in [3.8, 4) is 0 Å². The summed E-state index contributed by atoms with van der Waals surface area (Å²) in [4.78, 5) is 27.5. The molecule has 0 saturated carbocycles. The van der Waals surface area contributed by atoms with Gasteiger partial charge in [0.15, 0.2) is 0 Å². The highest BCUT2D eigenvalue weighted by Crippen LogP contribution is 2.15. The molecule has 1 aliphatic rings. The van der Waals surface area contributed by atoms with E-state index in [1.807, 2.05) is 13.8 Å². The lowest BCUT2D eigenvalue weighted by molar-refractivity contribution is -0.123. The van der Waals surface area contributed by atoms with Crippen LogP contribution < -0.4 is 10.6 Å². The summed E-state index contributed by atoms with van der Waals surface area (Å²) < 4.78 is 0. The summed E-state index contributed by atoms with van der Waals surface area (Å²) in [5.41, 5.74) is 0.388. The zero-order valence-electron chi connectivity index (χ0n) is 16.5. The van der Waals surface area contributed by atoms with Crippen LogP contribution in [0.25, 0.3) is 0 Å². The van der Waals surface area contributed by atoms with Crippen molar-refractivity contribution in [2.75, 3.05) is 26.2 Å². The van der Waals surface area contributed by atoms with Crippen molar-refractivity contribution in [3.05, 3.63) is 34.9 Å². The van der Waals surface area contributed by atoms with Gasteiger partial charge in [0, 0.05) is 6.54 Å². The maximum absolute atomic E-state index is 12.6. The molecule has 1 aromatic carbocycles. The standard InChI is InChI=1S/C21H32ClN3O2/c1-16(2)19(24-20(26)17-10-5-6-11-18(17)22)21(27)23-12-9-15-25-13-7-3-4-8-14-25/h5-6,10-11,16,19H,3-4,7-9,12-15H2,1-2H3,(H,23,27)(H,24,26). The van der Waals surface area contributed by atoms with Gasteiger partial charge in [-0.2, -0.15) is 0 Å². The van der Waals surface area contributed by atoms with Crippen LogP contribution in [0.15, 0.2) is 24.3 Å². The number of halogens is 1. The molecule has 1 fully saturated rings. The Morgan fingerprint density at radius 3 is 2.41 bits per heavy atom. The molecule has 0 aromatic heterocycles. The molecule has 2 amide bonds. The lowest BCUT2D eigenvalue weighted by atomic mass is 10.0. The van der Waals surface area contributed by atoms with E-state index >= 15 is 0 Å². The molecule has 150 valence electrons. The second-order valence-electron chi connectivity index (χ2n) is 7.58. The van der Waals surface area contributed by atoms with Gasteiger partial charge in [-0.25, -0.2) is 0 Å². The van der Waals surface area contributed by atoms with Crippen LogP contribution in [-0.2, 0) is 4.79 Å². The first kappa shape index (κ1) is 21.7. The zero-order valence-corrected chi connectivity index (χ0v) is 17.2. The molecule has 1 aliphatic heterocycles. The van der Waals surface area contributed by atoms with Crippen molar-refractivity contribution in [1.82, 2.24) is 15.5 Å². The topological polar surface area (TPSA) is 61.4 Å². The Bertz CT molecular complexity index is 613. The summed E-state index contributed by atoms with van der Waals surface area (Å²) in [5.74, 6) is -0.470. The van der Waals surface area contributed by atoms with Crippen LogP contribution in [-0.4, -0.2) is 48.9 Å². The highest BCUT2D eigenvalue weighted by atomic mass is 35.5. The number of nitrogens with zero attached hydrogens (tertiary/aromatic N) is 1. The van der Waals surface area contributed by atoms with E-state index in [0.29, 0.717) is 17.1 Å². The molecule has 0 spiro atoms. The van der Waals surface area contributed by atoms with E-state index in [0.717, 1.165) is 26.1 Å². The Balaban J connectivity index is 1.80. The van der Waals surface area contributed by atoms with Crippen LogP contribution in [0.4, 0.5) is 0 Å². The first-order valence-electron chi connectivity index (χ1n) is 10.0. The van der Waals surface area contributed by atoms with E-state index in [-0.39, 0.29) is 17.7 Å². The lowest BCUT2D eigenvalue weighted by Crippen LogP contribution is -2.50. The smallest absolute Gasteiger partial charge is 0.253 e. The van der Waals surface area contributed by atoms with E-state index < -0.39 is 6.04 Å². The van der Waals surface area contributed by atoms with Gasteiger partial charge in [0.2, 0.25) is 5.91 Å². The minimum Gasteiger partial charge on any atom is -0.354 e. The Hall–Kier alpha value is -1.59. The first-order chi connectivity index (χ1) is 13.0. The van der Waals surface area contributed by atoms with Gasteiger partial charge < -0.3 is 15.5 Å². The first-order valence-corrected chi connectivity index (χ1v) is 10.4. The van der Waals surface area contributed by atoms with Crippen molar-refractivity contribution in [2.24, 2.45) is 5.92 Å². The Morgan fingerprint density at radius 2 is 1.78 bits per heavy atom. The van der Waals surface area contributed by atoms with Gasteiger partial charge in [0.1, 0.15) is 6.04 Å². The van der Waals surface area contributed by atoms with E-state index in [2.05, 4.69) is 15.5 Å². The lowest BCUT2D eigenvalue weighted by Gasteiger charge is -2.23. The fourth-order valence-corrected chi connectivity index (χ4v) is 3.60. The summed E-state index contributed by atoms with van der Waals surface area (Å²) in [7, 11) is 0. The van der Waals surface area contributed by atoms with Crippen molar-refractivity contribution >= 4 is 23.4 Å². The Labute approximate surface area is 167 Å². The molecule has 1 heterocycles. The molecular weight excluding hydrogens is 362 g/mol. The molecule has 5 nitrogen and oxygen atoms in total. The molecule has 2 N–H and O–H groups in total. The average molecular weight is 394 g/mol. The molecule has 2 rings (SSSR count). The highest BCUT2D eigenvalue weighted by molar-refractivity contribution is 6.33. The van der Waals surface area contributed by atoms with Gasteiger partial charge in [-0.05, 0) is 56.9 Å². The van der Waals surface area contributed by atoms with Gasteiger partial charge >= 0.3 is 0 Å². The van der Waals surface area contributed by atoms with Crippen LogP contribution in [0.3, 0.4) is 0 Å². The maximum atomic E-state index is 12.6. The highest BCUT2D eigenvalue weighted by Gasteiger charge is 2.25. The van der Waals surface area contributed by atoms with Crippen LogP contribution in [0.1, 0.15) is 56.3 Å². The predicted octanol–water partition coefficient (Wildman–Crippen LogP) is 3.48.